The number of thiazole rings is 1. The number of esters is 1. The summed E-state index contributed by atoms with van der Waals surface area (Å²) in [5, 5.41) is 3.52. The van der Waals surface area contributed by atoms with E-state index in [1.165, 1.54) is 27.8 Å². The Morgan fingerprint density at radius 3 is 2.70 bits per heavy atom. The number of nitrogens with zero attached hydrogens (tertiary/aromatic N) is 2. The average molecular weight is 490 g/mol. The Labute approximate surface area is 195 Å². The summed E-state index contributed by atoms with van der Waals surface area (Å²) in [6.07, 6.45) is 0. The maximum atomic E-state index is 12.9. The molecule has 11 heteroatoms. The van der Waals surface area contributed by atoms with Crippen molar-refractivity contribution in [2.75, 3.05) is 44.8 Å². The molecule has 3 aromatic rings. The predicted molar refractivity (Wildman–Crippen MR) is 124 cm³/mol. The Morgan fingerprint density at radius 2 is 1.94 bits per heavy atom. The normalized spacial score (nSPS) is 14.8. The zero-order chi connectivity index (χ0) is 23.4. The average Bonchev–Trinajstić information content (AvgIpc) is 3.25. The predicted octanol–water partition coefficient (Wildman–Crippen LogP) is 2.79. The fourth-order valence-corrected chi connectivity index (χ4v) is 5.72. The first kappa shape index (κ1) is 23.3. The van der Waals surface area contributed by atoms with Crippen LogP contribution in [0, 0.1) is 0 Å². The second kappa shape index (κ2) is 9.96. The van der Waals surface area contributed by atoms with Gasteiger partial charge in [0.1, 0.15) is 0 Å². The topological polar surface area (TPSA) is 115 Å². The van der Waals surface area contributed by atoms with Gasteiger partial charge in [-0.2, -0.15) is 4.31 Å². The molecule has 0 saturated carbocycles. The van der Waals surface area contributed by atoms with Gasteiger partial charge in [0.15, 0.2) is 10.9 Å². The van der Waals surface area contributed by atoms with E-state index in [0.717, 1.165) is 4.70 Å². The van der Waals surface area contributed by atoms with Gasteiger partial charge in [-0.15, -0.1) is 0 Å². The molecule has 4 rings (SSSR count). The maximum Gasteiger partial charge on any atom is 0.338 e. The molecule has 1 N–H and O–H groups in total. The summed E-state index contributed by atoms with van der Waals surface area (Å²) in [6.45, 7) is 3.27. The zero-order valence-electron chi connectivity index (χ0n) is 17.9. The largest absolute Gasteiger partial charge is 0.462 e. The summed E-state index contributed by atoms with van der Waals surface area (Å²) < 4.78 is 38.1. The van der Waals surface area contributed by atoms with Crippen molar-refractivity contribution in [3.63, 3.8) is 0 Å². The first-order valence-corrected chi connectivity index (χ1v) is 12.7. The Kier molecular flexibility index (Phi) is 7.03. The van der Waals surface area contributed by atoms with Crippen molar-refractivity contribution in [2.45, 2.75) is 11.8 Å². The fraction of sp³-hybridized carbons (Fsp3) is 0.318. The second-order valence-corrected chi connectivity index (χ2v) is 10.2. The highest BCUT2D eigenvalue weighted by molar-refractivity contribution is 7.89. The number of ketones is 1. The van der Waals surface area contributed by atoms with Crippen LogP contribution in [0.4, 0.5) is 5.13 Å². The molecule has 1 aliphatic heterocycles. The Hall–Kier alpha value is -2.86. The second-order valence-electron chi connectivity index (χ2n) is 7.24. The van der Waals surface area contributed by atoms with E-state index in [1.54, 1.807) is 37.3 Å². The first-order chi connectivity index (χ1) is 15.9. The lowest BCUT2D eigenvalue weighted by Gasteiger charge is -2.26. The molecular formula is C22H23N3O6S2. The quantitative estimate of drug-likeness (QED) is 0.379. The number of carbonyl (C=O) groups excluding carboxylic acids is 2. The van der Waals surface area contributed by atoms with Gasteiger partial charge in [-0.25, -0.2) is 18.2 Å². The molecule has 1 aromatic heterocycles. The molecule has 0 aliphatic carbocycles. The molecule has 0 radical (unpaired) electrons. The number of fused-ring (bicyclic) bond motifs is 1. The first-order valence-electron chi connectivity index (χ1n) is 10.4. The molecule has 0 unspecified atom stereocenters. The minimum Gasteiger partial charge on any atom is -0.462 e. The van der Waals surface area contributed by atoms with Crippen molar-refractivity contribution < 1.29 is 27.5 Å². The van der Waals surface area contributed by atoms with Crippen LogP contribution in [0.3, 0.4) is 0 Å². The summed E-state index contributed by atoms with van der Waals surface area (Å²) in [5.41, 5.74) is 1.43. The molecule has 9 nitrogen and oxygen atoms in total. The third kappa shape index (κ3) is 5.22. The van der Waals surface area contributed by atoms with Crippen LogP contribution in [0.5, 0.6) is 0 Å². The summed E-state index contributed by atoms with van der Waals surface area (Å²) in [6, 6.07) is 11.1. The van der Waals surface area contributed by atoms with E-state index in [0.29, 0.717) is 41.6 Å². The minimum absolute atomic E-state index is 0.0500. The Bertz CT molecular complexity index is 1280. The lowest BCUT2D eigenvalue weighted by atomic mass is 10.1. The van der Waals surface area contributed by atoms with Crippen LogP contribution in [-0.2, 0) is 19.5 Å². The minimum atomic E-state index is -3.69. The smallest absolute Gasteiger partial charge is 0.338 e. The number of nitrogens with one attached hydrogen (secondary N) is 1. The van der Waals surface area contributed by atoms with E-state index in [9.17, 15) is 18.0 Å². The van der Waals surface area contributed by atoms with E-state index in [4.69, 9.17) is 9.47 Å². The van der Waals surface area contributed by atoms with Crippen LogP contribution in [-0.4, -0.2) is 68.9 Å². The van der Waals surface area contributed by atoms with Crippen molar-refractivity contribution in [3.05, 3.63) is 53.6 Å². The van der Waals surface area contributed by atoms with Gasteiger partial charge in [0.2, 0.25) is 10.0 Å². The number of Topliss-reactive ketones (excluding diaryl/α,β-unsaturated/α-hetero) is 1. The summed E-state index contributed by atoms with van der Waals surface area (Å²) >= 11 is 1.31. The van der Waals surface area contributed by atoms with E-state index in [2.05, 4.69) is 10.3 Å². The van der Waals surface area contributed by atoms with Gasteiger partial charge in [-0.05, 0) is 37.3 Å². The summed E-state index contributed by atoms with van der Waals surface area (Å²) in [7, 11) is -3.69. The van der Waals surface area contributed by atoms with Gasteiger partial charge in [-0.3, -0.25) is 4.79 Å². The number of sulfonamides is 1. The lowest BCUT2D eigenvalue weighted by molar-refractivity contribution is 0.0526. The molecule has 0 bridgehead atoms. The van der Waals surface area contributed by atoms with Crippen LogP contribution < -0.4 is 5.32 Å². The molecule has 0 spiro atoms. The number of hydrogen-bond donors (Lipinski definition) is 1. The zero-order valence-corrected chi connectivity index (χ0v) is 19.6. The van der Waals surface area contributed by atoms with Gasteiger partial charge in [0.25, 0.3) is 0 Å². The summed E-state index contributed by atoms with van der Waals surface area (Å²) in [5.74, 6) is -0.662. The number of ether oxygens (including phenoxy) is 2. The van der Waals surface area contributed by atoms with Gasteiger partial charge in [0, 0.05) is 18.7 Å². The lowest BCUT2D eigenvalue weighted by Crippen LogP contribution is -2.40. The van der Waals surface area contributed by atoms with Crippen LogP contribution >= 0.6 is 11.3 Å². The van der Waals surface area contributed by atoms with Crippen LogP contribution in [0.2, 0.25) is 0 Å². The standard InChI is InChI=1S/C22H23N3O6S2/c1-2-31-21(27)16-6-7-18-20(13-16)32-22(24-18)23-14-19(26)15-4-3-5-17(12-15)33(28,29)25-8-10-30-11-9-25/h3-7,12-13H,2,8-11,14H2,1H3,(H,23,24). The van der Waals surface area contributed by atoms with Crippen molar-refractivity contribution in [2.24, 2.45) is 0 Å². The number of aromatic nitrogens is 1. The number of anilines is 1. The van der Waals surface area contributed by atoms with Gasteiger partial charge in [0.05, 0.1) is 47.0 Å². The number of morpholine rings is 1. The van der Waals surface area contributed by atoms with Crippen molar-refractivity contribution in [1.82, 2.24) is 9.29 Å². The molecular weight excluding hydrogens is 466 g/mol. The monoisotopic (exact) mass is 489 g/mol. The van der Waals surface area contributed by atoms with Crippen molar-refractivity contribution >= 4 is 48.5 Å². The SMILES string of the molecule is CCOC(=O)c1ccc2nc(NCC(=O)c3cccc(S(=O)(=O)N4CCOCC4)c3)sc2c1. The molecule has 0 atom stereocenters. The Morgan fingerprint density at radius 1 is 1.15 bits per heavy atom. The van der Waals surface area contributed by atoms with E-state index in [1.807, 2.05) is 0 Å². The van der Waals surface area contributed by atoms with Crippen LogP contribution in [0.25, 0.3) is 10.2 Å². The van der Waals surface area contributed by atoms with Gasteiger partial charge < -0.3 is 14.8 Å². The number of hydrogen-bond acceptors (Lipinski definition) is 9. The Balaban J connectivity index is 1.45. The van der Waals surface area contributed by atoms with Crippen molar-refractivity contribution in [3.8, 4) is 0 Å². The molecule has 1 saturated heterocycles. The highest BCUT2D eigenvalue weighted by Crippen LogP contribution is 2.27. The molecule has 174 valence electrons. The number of rotatable bonds is 8. The molecule has 1 fully saturated rings. The number of carbonyl (C=O) groups is 2. The van der Waals surface area contributed by atoms with Gasteiger partial charge >= 0.3 is 5.97 Å². The van der Waals surface area contributed by atoms with E-state index >= 15 is 0 Å². The maximum absolute atomic E-state index is 12.9. The van der Waals surface area contributed by atoms with Gasteiger partial charge in [-0.1, -0.05) is 23.5 Å². The third-order valence-corrected chi connectivity index (χ3v) is 7.93. The van der Waals surface area contributed by atoms with Crippen LogP contribution in [0.15, 0.2) is 47.4 Å². The van der Waals surface area contributed by atoms with E-state index < -0.39 is 16.0 Å². The summed E-state index contributed by atoms with van der Waals surface area (Å²) in [4.78, 5) is 29.2. The van der Waals surface area contributed by atoms with E-state index in [-0.39, 0.29) is 30.3 Å². The van der Waals surface area contributed by atoms with Crippen molar-refractivity contribution in [1.29, 1.82) is 0 Å². The highest BCUT2D eigenvalue weighted by atomic mass is 32.2. The molecule has 33 heavy (non-hydrogen) atoms. The van der Waals surface area contributed by atoms with Crippen LogP contribution in [0.1, 0.15) is 27.6 Å². The highest BCUT2D eigenvalue weighted by Gasteiger charge is 2.26. The third-order valence-electron chi connectivity index (χ3n) is 5.06. The molecule has 1 aliphatic rings. The molecule has 2 aromatic carbocycles. The fourth-order valence-electron chi connectivity index (χ4n) is 3.37. The molecule has 0 amide bonds. The number of benzene rings is 2. The molecule has 2 heterocycles.